The summed E-state index contributed by atoms with van der Waals surface area (Å²) >= 11 is 0. The maximum atomic E-state index is 13.0. The zero-order valence-electron chi connectivity index (χ0n) is 15.7. The van der Waals surface area contributed by atoms with Crippen LogP contribution in [0.5, 0.6) is 0 Å². The van der Waals surface area contributed by atoms with Crippen LogP contribution < -0.4 is 0 Å². The fourth-order valence-corrected chi connectivity index (χ4v) is 4.75. The van der Waals surface area contributed by atoms with Gasteiger partial charge in [0.1, 0.15) is 5.69 Å². The first-order chi connectivity index (χ1) is 12.3. The first-order valence-corrected chi connectivity index (χ1v) is 9.39. The van der Waals surface area contributed by atoms with Gasteiger partial charge in [-0.15, -0.1) is 0 Å². The molecule has 0 radical (unpaired) electrons. The van der Waals surface area contributed by atoms with Gasteiger partial charge in [0, 0.05) is 30.4 Å². The maximum absolute atomic E-state index is 13.0. The number of carbonyl (C=O) groups excluding carboxylic acids is 2. The van der Waals surface area contributed by atoms with Gasteiger partial charge in [0.25, 0.3) is 5.91 Å². The van der Waals surface area contributed by atoms with Gasteiger partial charge in [-0.1, -0.05) is 51.1 Å². The minimum atomic E-state index is -0.0623. The van der Waals surface area contributed by atoms with E-state index >= 15 is 0 Å². The van der Waals surface area contributed by atoms with Crippen molar-refractivity contribution in [3.8, 4) is 0 Å². The van der Waals surface area contributed by atoms with E-state index in [1.807, 2.05) is 23.1 Å². The van der Waals surface area contributed by atoms with Crippen molar-refractivity contribution in [2.75, 3.05) is 13.1 Å². The molecule has 2 fully saturated rings. The molecule has 1 N–H and O–H groups in total. The number of nitrogens with one attached hydrogen (secondary N) is 1. The van der Waals surface area contributed by atoms with Gasteiger partial charge < -0.3 is 9.88 Å². The molecule has 136 valence electrons. The van der Waals surface area contributed by atoms with Gasteiger partial charge in [-0.25, -0.2) is 0 Å². The zero-order chi connectivity index (χ0) is 18.5. The molecule has 26 heavy (non-hydrogen) atoms. The van der Waals surface area contributed by atoms with Crippen molar-refractivity contribution in [3.63, 3.8) is 0 Å². The Morgan fingerprint density at radius 3 is 2.54 bits per heavy atom. The highest BCUT2D eigenvalue weighted by molar-refractivity contribution is 6.10. The Labute approximate surface area is 154 Å². The minimum absolute atomic E-state index is 0.00531. The predicted molar refractivity (Wildman–Crippen MR) is 101 cm³/mol. The molecule has 0 spiro atoms. The van der Waals surface area contributed by atoms with E-state index in [-0.39, 0.29) is 22.5 Å². The number of carbonyl (C=O) groups is 2. The third kappa shape index (κ3) is 2.51. The molecular formula is C22H26N2O2. The van der Waals surface area contributed by atoms with E-state index in [1.165, 1.54) is 12.8 Å². The number of aromatic amines is 1. The Kier molecular flexibility index (Phi) is 3.83. The Balaban J connectivity index is 1.54. The molecule has 1 saturated heterocycles. The van der Waals surface area contributed by atoms with Crippen molar-refractivity contribution >= 4 is 11.7 Å². The molecule has 1 amide bonds. The lowest BCUT2D eigenvalue weighted by molar-refractivity contribution is -0.0109. The quantitative estimate of drug-likeness (QED) is 0.846. The average molecular weight is 350 g/mol. The number of piperidine rings is 1. The molecule has 2 aromatic rings. The average Bonchev–Trinajstić information content (AvgIpc) is 3.13. The number of benzene rings is 1. The number of fused-ring (bicyclic) bond motifs is 2. The number of amides is 1. The highest BCUT2D eigenvalue weighted by atomic mass is 16.2. The van der Waals surface area contributed by atoms with Crippen LogP contribution in [-0.2, 0) is 0 Å². The minimum Gasteiger partial charge on any atom is -0.356 e. The van der Waals surface area contributed by atoms with Gasteiger partial charge in [0.05, 0.1) is 0 Å². The number of rotatable bonds is 3. The van der Waals surface area contributed by atoms with Gasteiger partial charge in [0.2, 0.25) is 0 Å². The zero-order valence-corrected chi connectivity index (χ0v) is 15.7. The molecule has 2 atom stereocenters. The van der Waals surface area contributed by atoms with Gasteiger partial charge >= 0.3 is 0 Å². The van der Waals surface area contributed by atoms with E-state index in [1.54, 1.807) is 24.4 Å². The van der Waals surface area contributed by atoms with Crippen LogP contribution in [0.15, 0.2) is 42.6 Å². The lowest BCUT2D eigenvalue weighted by atomic mass is 9.63. The molecule has 1 aromatic carbocycles. The van der Waals surface area contributed by atoms with E-state index < -0.39 is 0 Å². The lowest BCUT2D eigenvalue weighted by Gasteiger charge is -2.50. The molecule has 4 heteroatoms. The number of nitrogens with zero attached hydrogens (tertiary/aromatic N) is 1. The monoisotopic (exact) mass is 350 g/mol. The molecule has 2 heterocycles. The van der Waals surface area contributed by atoms with Crippen LogP contribution in [0.2, 0.25) is 0 Å². The van der Waals surface area contributed by atoms with Crippen LogP contribution in [0.4, 0.5) is 0 Å². The summed E-state index contributed by atoms with van der Waals surface area (Å²) in [6.07, 6.45) is 4.01. The second kappa shape index (κ2) is 5.83. The Morgan fingerprint density at radius 1 is 1.12 bits per heavy atom. The van der Waals surface area contributed by atoms with Crippen molar-refractivity contribution in [1.29, 1.82) is 0 Å². The Hall–Kier alpha value is -2.36. The molecule has 4 rings (SSSR count). The third-order valence-electron chi connectivity index (χ3n) is 7.10. The fourth-order valence-electron chi connectivity index (χ4n) is 4.75. The summed E-state index contributed by atoms with van der Waals surface area (Å²) in [5.74, 6) is 0.490. The van der Waals surface area contributed by atoms with Crippen LogP contribution in [-0.4, -0.2) is 34.7 Å². The molecule has 0 unspecified atom stereocenters. The van der Waals surface area contributed by atoms with E-state index in [0.29, 0.717) is 22.7 Å². The second-order valence-corrected chi connectivity index (χ2v) is 8.70. The van der Waals surface area contributed by atoms with E-state index in [0.717, 1.165) is 13.1 Å². The molecule has 1 aromatic heterocycles. The van der Waals surface area contributed by atoms with Crippen LogP contribution in [0.25, 0.3) is 0 Å². The molecule has 1 aliphatic carbocycles. The summed E-state index contributed by atoms with van der Waals surface area (Å²) in [6, 6.07) is 10.9. The van der Waals surface area contributed by atoms with Gasteiger partial charge in [-0.3, -0.25) is 9.59 Å². The predicted octanol–water partition coefficient (Wildman–Crippen LogP) is 4.14. The first kappa shape index (κ1) is 17.1. The number of aromatic nitrogens is 1. The summed E-state index contributed by atoms with van der Waals surface area (Å²) in [5, 5.41) is 0. The van der Waals surface area contributed by atoms with E-state index in [9.17, 15) is 9.59 Å². The number of likely N-dealkylation sites (tertiary alicyclic amines) is 1. The van der Waals surface area contributed by atoms with Gasteiger partial charge in [-0.2, -0.15) is 0 Å². The summed E-state index contributed by atoms with van der Waals surface area (Å²) in [5.41, 5.74) is 2.11. The smallest absolute Gasteiger partial charge is 0.270 e. The normalized spacial score (nSPS) is 26.7. The SMILES string of the molecule is CC1(C)[C@@H]2CC[C@@]1(C)CN(C(=O)c1cc(C(=O)c3ccccc3)c[nH]1)C2. The molecule has 2 bridgehead atoms. The molecule has 2 aliphatic rings. The summed E-state index contributed by atoms with van der Waals surface area (Å²) in [7, 11) is 0. The maximum Gasteiger partial charge on any atom is 0.270 e. The van der Waals surface area contributed by atoms with Crippen molar-refractivity contribution in [1.82, 2.24) is 9.88 Å². The Morgan fingerprint density at radius 2 is 1.85 bits per heavy atom. The summed E-state index contributed by atoms with van der Waals surface area (Å²) in [6.45, 7) is 8.60. The highest BCUT2D eigenvalue weighted by Crippen LogP contribution is 2.59. The summed E-state index contributed by atoms with van der Waals surface area (Å²) < 4.78 is 0. The molecule has 4 nitrogen and oxygen atoms in total. The Bertz CT molecular complexity index is 852. The van der Waals surface area contributed by atoms with Crippen molar-refractivity contribution in [2.24, 2.45) is 16.7 Å². The van der Waals surface area contributed by atoms with Crippen molar-refractivity contribution in [3.05, 3.63) is 59.4 Å². The van der Waals surface area contributed by atoms with Crippen LogP contribution in [0.1, 0.15) is 60.0 Å². The van der Waals surface area contributed by atoms with Crippen LogP contribution in [0, 0.1) is 16.7 Å². The van der Waals surface area contributed by atoms with Crippen molar-refractivity contribution in [2.45, 2.75) is 33.6 Å². The second-order valence-electron chi connectivity index (χ2n) is 8.70. The molecular weight excluding hydrogens is 324 g/mol. The van der Waals surface area contributed by atoms with Gasteiger partial charge in [-0.05, 0) is 35.7 Å². The van der Waals surface area contributed by atoms with Crippen LogP contribution in [0.3, 0.4) is 0 Å². The molecule has 1 saturated carbocycles. The third-order valence-corrected chi connectivity index (χ3v) is 7.10. The van der Waals surface area contributed by atoms with Crippen molar-refractivity contribution < 1.29 is 9.59 Å². The van der Waals surface area contributed by atoms with Crippen LogP contribution >= 0.6 is 0 Å². The lowest BCUT2D eigenvalue weighted by Crippen LogP contribution is -2.53. The number of hydrogen-bond donors (Lipinski definition) is 1. The number of ketones is 1. The number of hydrogen-bond acceptors (Lipinski definition) is 2. The van der Waals surface area contributed by atoms with E-state index in [2.05, 4.69) is 25.8 Å². The largest absolute Gasteiger partial charge is 0.356 e. The fraction of sp³-hybridized carbons (Fsp3) is 0.455. The number of H-pyrrole nitrogens is 1. The van der Waals surface area contributed by atoms with Gasteiger partial charge in [0.15, 0.2) is 5.78 Å². The standard InChI is InChI=1S/C22H26N2O2/c1-21(2)17-9-10-22(21,3)14-24(13-17)20(26)18-11-16(12-23-18)19(25)15-7-5-4-6-8-15/h4-8,11-12,17,23H,9-10,13-14H2,1-3H3/t17-,22+/m1/s1. The van der Waals surface area contributed by atoms with E-state index in [4.69, 9.17) is 0 Å². The molecule has 1 aliphatic heterocycles. The first-order valence-electron chi connectivity index (χ1n) is 9.39. The summed E-state index contributed by atoms with van der Waals surface area (Å²) in [4.78, 5) is 30.6. The highest BCUT2D eigenvalue weighted by Gasteiger charge is 2.56. The topological polar surface area (TPSA) is 53.2 Å².